The average molecular weight is 311 g/mol. The first kappa shape index (κ1) is 9.70. The van der Waals surface area contributed by atoms with Crippen LogP contribution >= 0.6 is 22.6 Å². The lowest BCUT2D eigenvalue weighted by atomic mass is 9.71. The molecule has 2 aliphatic rings. The molecule has 3 rings (SSSR count). The lowest BCUT2D eigenvalue weighted by molar-refractivity contribution is 0.218. The highest BCUT2D eigenvalue weighted by Crippen LogP contribution is 2.44. The van der Waals surface area contributed by atoms with Gasteiger partial charge in [-0.15, -0.1) is 0 Å². The molecule has 1 fully saturated rings. The second-order valence-electron chi connectivity index (χ2n) is 4.50. The van der Waals surface area contributed by atoms with E-state index in [0.29, 0.717) is 6.04 Å². The zero-order chi connectivity index (χ0) is 10.3. The molecule has 0 bridgehead atoms. The van der Waals surface area contributed by atoms with Gasteiger partial charge in [0.25, 0.3) is 0 Å². The van der Waals surface area contributed by atoms with Gasteiger partial charge in [-0.1, -0.05) is 18.2 Å². The summed E-state index contributed by atoms with van der Waals surface area (Å²) in [5.41, 5.74) is 1.27. The average Bonchev–Trinajstić information content (AvgIpc) is 2.56. The van der Waals surface area contributed by atoms with E-state index >= 15 is 0 Å². The maximum absolute atomic E-state index is 3.63. The minimum atomic E-state index is 0.673. The van der Waals surface area contributed by atoms with Gasteiger partial charge >= 0.3 is 0 Å². The molecule has 1 N–H and O–H groups in total. The Morgan fingerprint density at radius 2 is 2.27 bits per heavy atom. The van der Waals surface area contributed by atoms with E-state index in [0.717, 1.165) is 11.8 Å². The Morgan fingerprint density at radius 3 is 3.07 bits per heavy atom. The molecule has 2 heteroatoms. The normalized spacial score (nSPS) is 32.2. The molecule has 15 heavy (non-hydrogen) atoms. The topological polar surface area (TPSA) is 12.0 Å². The molecule has 0 spiro atoms. The summed E-state index contributed by atoms with van der Waals surface area (Å²) in [6, 6.07) is 9.29. The lowest BCUT2D eigenvalue weighted by Crippen LogP contribution is -2.43. The molecule has 0 amide bonds. The van der Waals surface area contributed by atoms with Crippen molar-refractivity contribution in [2.24, 2.45) is 11.8 Å². The maximum Gasteiger partial charge on any atom is 0.0353 e. The molecule has 0 aromatic heterocycles. The standard InChI is InChI=1S/C13H14IN/c14-10-4-2-5-11(8-10)15-13-7-9-3-1-6-12(9)13/h1-2,4-6,8-9,12-13,15H,3,7H2. The fourth-order valence-corrected chi connectivity index (χ4v) is 3.22. The lowest BCUT2D eigenvalue weighted by Gasteiger charge is -2.41. The number of hydrogen-bond donors (Lipinski definition) is 1. The van der Waals surface area contributed by atoms with Gasteiger partial charge in [0.05, 0.1) is 0 Å². The summed E-state index contributed by atoms with van der Waals surface area (Å²) < 4.78 is 1.30. The first-order valence-electron chi connectivity index (χ1n) is 5.52. The van der Waals surface area contributed by atoms with Crippen molar-refractivity contribution in [3.63, 3.8) is 0 Å². The highest BCUT2D eigenvalue weighted by molar-refractivity contribution is 14.1. The van der Waals surface area contributed by atoms with Crippen molar-refractivity contribution in [2.45, 2.75) is 18.9 Å². The molecule has 1 saturated carbocycles. The molecule has 0 radical (unpaired) electrons. The molecule has 2 aliphatic carbocycles. The largest absolute Gasteiger partial charge is 0.382 e. The van der Waals surface area contributed by atoms with E-state index in [2.05, 4.69) is 64.3 Å². The Kier molecular flexibility index (Phi) is 2.47. The Hall–Kier alpha value is -0.510. The monoisotopic (exact) mass is 311 g/mol. The smallest absolute Gasteiger partial charge is 0.0353 e. The van der Waals surface area contributed by atoms with Crippen molar-refractivity contribution < 1.29 is 0 Å². The van der Waals surface area contributed by atoms with Crippen molar-refractivity contribution in [1.29, 1.82) is 0 Å². The summed E-state index contributed by atoms with van der Waals surface area (Å²) in [5.74, 6) is 1.73. The van der Waals surface area contributed by atoms with Crippen LogP contribution in [0, 0.1) is 15.4 Å². The van der Waals surface area contributed by atoms with Crippen LogP contribution in [0.3, 0.4) is 0 Å². The van der Waals surface area contributed by atoms with E-state index in [1.807, 2.05) is 0 Å². The van der Waals surface area contributed by atoms with E-state index in [-0.39, 0.29) is 0 Å². The van der Waals surface area contributed by atoms with Gasteiger partial charge < -0.3 is 5.32 Å². The molecule has 3 atom stereocenters. The molecule has 0 heterocycles. The second-order valence-corrected chi connectivity index (χ2v) is 5.74. The van der Waals surface area contributed by atoms with Crippen LogP contribution in [0.4, 0.5) is 5.69 Å². The quantitative estimate of drug-likeness (QED) is 0.649. The third kappa shape index (κ3) is 1.80. The van der Waals surface area contributed by atoms with Gasteiger partial charge in [-0.2, -0.15) is 0 Å². The van der Waals surface area contributed by atoms with Gasteiger partial charge in [-0.25, -0.2) is 0 Å². The summed E-state index contributed by atoms with van der Waals surface area (Å²) in [6.45, 7) is 0. The number of hydrogen-bond acceptors (Lipinski definition) is 1. The molecule has 1 nitrogen and oxygen atoms in total. The number of rotatable bonds is 2. The molecule has 0 aliphatic heterocycles. The zero-order valence-electron chi connectivity index (χ0n) is 8.49. The molecule has 1 aromatic carbocycles. The second kappa shape index (κ2) is 3.81. The van der Waals surface area contributed by atoms with E-state index in [1.54, 1.807) is 0 Å². The van der Waals surface area contributed by atoms with Gasteiger partial charge in [0.2, 0.25) is 0 Å². The number of nitrogens with one attached hydrogen (secondary N) is 1. The first-order chi connectivity index (χ1) is 7.33. The number of anilines is 1. The number of allylic oxidation sites excluding steroid dienone is 1. The maximum atomic E-state index is 3.63. The summed E-state index contributed by atoms with van der Waals surface area (Å²) in [7, 11) is 0. The Bertz CT molecular complexity index is 399. The Labute approximate surface area is 104 Å². The van der Waals surface area contributed by atoms with E-state index in [4.69, 9.17) is 0 Å². The minimum absolute atomic E-state index is 0.673. The van der Waals surface area contributed by atoms with Gasteiger partial charge in [-0.3, -0.25) is 0 Å². The van der Waals surface area contributed by atoms with Crippen molar-refractivity contribution in [2.75, 3.05) is 5.32 Å². The van der Waals surface area contributed by atoms with Gasteiger partial charge in [0.15, 0.2) is 0 Å². The van der Waals surface area contributed by atoms with E-state index < -0.39 is 0 Å². The molecular weight excluding hydrogens is 297 g/mol. The zero-order valence-corrected chi connectivity index (χ0v) is 10.6. The van der Waals surface area contributed by atoms with Gasteiger partial charge in [-0.05, 0) is 59.5 Å². The van der Waals surface area contributed by atoms with Crippen LogP contribution in [-0.4, -0.2) is 6.04 Å². The van der Waals surface area contributed by atoms with Crippen LogP contribution < -0.4 is 5.32 Å². The van der Waals surface area contributed by atoms with Crippen molar-refractivity contribution >= 4 is 28.3 Å². The SMILES string of the molecule is Ic1cccc(NC2CC3CC=CC32)c1. The van der Waals surface area contributed by atoms with Crippen LogP contribution in [0.25, 0.3) is 0 Å². The summed E-state index contributed by atoms with van der Waals surface area (Å²) >= 11 is 2.36. The van der Waals surface area contributed by atoms with Crippen LogP contribution in [0.2, 0.25) is 0 Å². The summed E-state index contributed by atoms with van der Waals surface area (Å²) in [5, 5.41) is 3.63. The molecule has 0 saturated heterocycles. The van der Waals surface area contributed by atoms with Crippen LogP contribution in [-0.2, 0) is 0 Å². The van der Waals surface area contributed by atoms with Crippen LogP contribution in [0.15, 0.2) is 36.4 Å². The van der Waals surface area contributed by atoms with Gasteiger partial charge in [0.1, 0.15) is 0 Å². The first-order valence-corrected chi connectivity index (χ1v) is 6.59. The van der Waals surface area contributed by atoms with E-state index in [9.17, 15) is 0 Å². The summed E-state index contributed by atoms with van der Waals surface area (Å²) in [6.07, 6.45) is 7.36. The minimum Gasteiger partial charge on any atom is -0.382 e. The third-order valence-corrected chi connectivity index (χ3v) is 4.21. The van der Waals surface area contributed by atoms with Crippen molar-refractivity contribution in [3.8, 4) is 0 Å². The summed E-state index contributed by atoms with van der Waals surface area (Å²) in [4.78, 5) is 0. The van der Waals surface area contributed by atoms with Crippen molar-refractivity contribution in [3.05, 3.63) is 40.0 Å². The fraction of sp³-hybridized carbons (Fsp3) is 0.385. The number of fused-ring (bicyclic) bond motifs is 1. The van der Waals surface area contributed by atoms with Crippen molar-refractivity contribution in [1.82, 2.24) is 0 Å². The predicted octanol–water partition coefficient (Wildman–Crippen LogP) is 3.67. The third-order valence-electron chi connectivity index (χ3n) is 3.54. The van der Waals surface area contributed by atoms with Crippen LogP contribution in [0.1, 0.15) is 12.8 Å². The molecule has 78 valence electrons. The molecule has 3 unspecified atom stereocenters. The molecular formula is C13H14IN. The fourth-order valence-electron chi connectivity index (χ4n) is 2.68. The van der Waals surface area contributed by atoms with Gasteiger partial charge in [0, 0.05) is 21.2 Å². The predicted molar refractivity (Wildman–Crippen MR) is 71.9 cm³/mol. The highest BCUT2D eigenvalue weighted by atomic mass is 127. The van der Waals surface area contributed by atoms with Crippen LogP contribution in [0.5, 0.6) is 0 Å². The highest BCUT2D eigenvalue weighted by Gasteiger charge is 2.40. The number of benzene rings is 1. The number of halogens is 1. The molecule has 1 aromatic rings. The van der Waals surface area contributed by atoms with E-state index in [1.165, 1.54) is 22.1 Å². The Morgan fingerprint density at radius 1 is 1.33 bits per heavy atom. The Balaban J connectivity index is 1.69.